The molecule has 0 saturated heterocycles. The molecule has 0 fully saturated rings. The van der Waals surface area contributed by atoms with Gasteiger partial charge in [0, 0.05) is 16.5 Å². The van der Waals surface area contributed by atoms with E-state index < -0.39 is 6.04 Å². The highest BCUT2D eigenvalue weighted by atomic mass is 32.2. The molecule has 0 aromatic heterocycles. The van der Waals surface area contributed by atoms with Gasteiger partial charge in [-0.1, -0.05) is 18.2 Å². The summed E-state index contributed by atoms with van der Waals surface area (Å²) in [5.41, 5.74) is 6.22. The molecule has 2 nitrogen and oxygen atoms in total. The lowest BCUT2D eigenvalue weighted by atomic mass is 10.1. The van der Waals surface area contributed by atoms with Gasteiger partial charge in [-0.2, -0.15) is 0 Å². The van der Waals surface area contributed by atoms with Crippen LogP contribution in [0, 0.1) is 5.82 Å². The molecule has 1 unspecified atom stereocenters. The molecule has 0 aliphatic heterocycles. The van der Waals surface area contributed by atoms with E-state index in [0.29, 0.717) is 17.1 Å². The van der Waals surface area contributed by atoms with Crippen molar-refractivity contribution in [2.75, 3.05) is 6.26 Å². The van der Waals surface area contributed by atoms with Crippen LogP contribution in [-0.4, -0.2) is 6.26 Å². The number of ether oxygens (including phenoxy) is 1. The van der Waals surface area contributed by atoms with E-state index in [2.05, 4.69) is 0 Å². The minimum atomic E-state index is -0.419. The van der Waals surface area contributed by atoms with Gasteiger partial charge in [-0.3, -0.25) is 0 Å². The third-order valence-corrected chi connectivity index (χ3v) is 3.53. The molecule has 0 amide bonds. The highest BCUT2D eigenvalue weighted by Crippen LogP contribution is 2.35. The summed E-state index contributed by atoms with van der Waals surface area (Å²) in [6.07, 6.45) is 1.97. The van der Waals surface area contributed by atoms with Gasteiger partial charge in [0.25, 0.3) is 0 Å². The Hall–Kier alpha value is -1.52. The van der Waals surface area contributed by atoms with Crippen LogP contribution in [0.3, 0.4) is 0 Å². The van der Waals surface area contributed by atoms with Crippen molar-refractivity contribution in [1.82, 2.24) is 0 Å². The zero-order chi connectivity index (χ0) is 13.8. The molecule has 0 bridgehead atoms. The van der Waals surface area contributed by atoms with Crippen LogP contribution in [0.2, 0.25) is 0 Å². The summed E-state index contributed by atoms with van der Waals surface area (Å²) in [6.45, 7) is 1.74. The molecule has 0 radical (unpaired) electrons. The van der Waals surface area contributed by atoms with Crippen LogP contribution in [0.25, 0.3) is 0 Å². The molecule has 2 aromatic carbocycles. The van der Waals surface area contributed by atoms with Crippen molar-refractivity contribution in [3.8, 4) is 11.5 Å². The van der Waals surface area contributed by atoms with E-state index in [1.165, 1.54) is 6.07 Å². The number of hydrogen-bond donors (Lipinski definition) is 1. The van der Waals surface area contributed by atoms with Crippen LogP contribution in [-0.2, 0) is 0 Å². The van der Waals surface area contributed by atoms with Gasteiger partial charge in [-0.25, -0.2) is 4.39 Å². The Morgan fingerprint density at radius 3 is 2.47 bits per heavy atom. The third-order valence-electron chi connectivity index (χ3n) is 2.76. The highest BCUT2D eigenvalue weighted by molar-refractivity contribution is 7.98. The number of hydrogen-bond acceptors (Lipinski definition) is 3. The molecule has 2 aromatic rings. The maximum Gasteiger partial charge on any atom is 0.140 e. The van der Waals surface area contributed by atoms with Crippen molar-refractivity contribution < 1.29 is 9.13 Å². The van der Waals surface area contributed by atoms with Crippen LogP contribution in [0.1, 0.15) is 18.5 Å². The summed E-state index contributed by atoms with van der Waals surface area (Å²) < 4.78 is 19.7. The standard InChI is InChI=1S/C15H16FNOS/c1-10(17)15-11(16)6-5-8-13(15)18-12-7-3-4-9-14(12)19-2/h3-10H,17H2,1-2H3. The number of thioether (sulfide) groups is 1. The average Bonchev–Trinajstić information content (AvgIpc) is 2.39. The summed E-state index contributed by atoms with van der Waals surface area (Å²) in [6, 6.07) is 12.0. The Labute approximate surface area is 116 Å². The SMILES string of the molecule is CSc1ccccc1Oc1cccc(F)c1C(C)N. The van der Waals surface area contributed by atoms with Gasteiger partial charge < -0.3 is 10.5 Å². The molecule has 0 saturated carbocycles. The predicted molar refractivity (Wildman–Crippen MR) is 77.3 cm³/mol. The van der Waals surface area contributed by atoms with Crippen LogP contribution < -0.4 is 10.5 Å². The number of para-hydroxylation sites is 1. The van der Waals surface area contributed by atoms with E-state index >= 15 is 0 Å². The Kier molecular flexibility index (Phi) is 4.45. The van der Waals surface area contributed by atoms with Gasteiger partial charge in [-0.15, -0.1) is 11.8 Å². The Balaban J connectivity index is 2.41. The first kappa shape index (κ1) is 13.9. The van der Waals surface area contributed by atoms with E-state index in [-0.39, 0.29) is 5.82 Å². The largest absolute Gasteiger partial charge is 0.456 e. The number of benzene rings is 2. The Morgan fingerprint density at radius 1 is 1.11 bits per heavy atom. The van der Waals surface area contributed by atoms with Crippen molar-refractivity contribution in [2.24, 2.45) is 5.73 Å². The second-order valence-electron chi connectivity index (χ2n) is 4.19. The van der Waals surface area contributed by atoms with E-state index in [4.69, 9.17) is 10.5 Å². The minimum absolute atomic E-state index is 0.339. The molecule has 0 spiro atoms. The summed E-state index contributed by atoms with van der Waals surface area (Å²) in [7, 11) is 0. The van der Waals surface area contributed by atoms with E-state index in [1.807, 2.05) is 30.5 Å². The Morgan fingerprint density at radius 2 is 1.79 bits per heavy atom. The zero-order valence-corrected chi connectivity index (χ0v) is 11.7. The zero-order valence-electron chi connectivity index (χ0n) is 10.9. The first-order valence-electron chi connectivity index (χ1n) is 5.98. The normalized spacial score (nSPS) is 12.2. The lowest BCUT2D eigenvalue weighted by Crippen LogP contribution is -2.09. The van der Waals surface area contributed by atoms with Crippen LogP contribution >= 0.6 is 11.8 Å². The molecule has 0 heterocycles. The molecule has 100 valence electrons. The first-order chi connectivity index (χ1) is 9.13. The van der Waals surface area contributed by atoms with Crippen molar-refractivity contribution in [3.05, 3.63) is 53.8 Å². The van der Waals surface area contributed by atoms with Gasteiger partial charge >= 0.3 is 0 Å². The molecular weight excluding hydrogens is 261 g/mol. The molecule has 4 heteroatoms. The maximum absolute atomic E-state index is 13.8. The van der Waals surface area contributed by atoms with Gasteiger partial charge in [-0.05, 0) is 37.4 Å². The van der Waals surface area contributed by atoms with Crippen molar-refractivity contribution in [3.63, 3.8) is 0 Å². The predicted octanol–water partition coefficient (Wildman–Crippen LogP) is 4.36. The first-order valence-corrected chi connectivity index (χ1v) is 7.21. The Bertz CT molecular complexity index is 572. The maximum atomic E-state index is 13.8. The van der Waals surface area contributed by atoms with Crippen LogP contribution in [0.5, 0.6) is 11.5 Å². The topological polar surface area (TPSA) is 35.2 Å². The average molecular weight is 277 g/mol. The van der Waals surface area contributed by atoms with Crippen molar-refractivity contribution in [2.45, 2.75) is 17.9 Å². The van der Waals surface area contributed by atoms with Gasteiger partial charge in [0.15, 0.2) is 0 Å². The van der Waals surface area contributed by atoms with Gasteiger partial charge in [0.2, 0.25) is 0 Å². The number of nitrogens with two attached hydrogens (primary N) is 1. The molecule has 0 aliphatic rings. The lowest BCUT2D eigenvalue weighted by molar-refractivity contribution is 0.451. The van der Waals surface area contributed by atoms with Crippen LogP contribution in [0.4, 0.5) is 4.39 Å². The summed E-state index contributed by atoms with van der Waals surface area (Å²) in [4.78, 5) is 1.00. The van der Waals surface area contributed by atoms with E-state index in [0.717, 1.165) is 4.90 Å². The molecule has 2 N–H and O–H groups in total. The lowest BCUT2D eigenvalue weighted by Gasteiger charge is -2.15. The monoisotopic (exact) mass is 277 g/mol. The van der Waals surface area contributed by atoms with E-state index in [1.54, 1.807) is 30.8 Å². The molecular formula is C15H16FNOS. The second kappa shape index (κ2) is 6.08. The fourth-order valence-corrected chi connectivity index (χ4v) is 2.40. The summed E-state index contributed by atoms with van der Waals surface area (Å²) >= 11 is 1.58. The number of halogens is 1. The second-order valence-corrected chi connectivity index (χ2v) is 5.04. The van der Waals surface area contributed by atoms with Crippen LogP contribution in [0.15, 0.2) is 47.4 Å². The number of rotatable bonds is 4. The van der Waals surface area contributed by atoms with Crippen molar-refractivity contribution >= 4 is 11.8 Å². The fraction of sp³-hybridized carbons (Fsp3) is 0.200. The third kappa shape index (κ3) is 3.08. The molecule has 0 aliphatic carbocycles. The molecule has 2 rings (SSSR count). The minimum Gasteiger partial charge on any atom is -0.456 e. The molecule has 1 atom stereocenters. The highest BCUT2D eigenvalue weighted by Gasteiger charge is 2.15. The summed E-state index contributed by atoms with van der Waals surface area (Å²) in [5.74, 6) is 0.841. The van der Waals surface area contributed by atoms with E-state index in [9.17, 15) is 4.39 Å². The smallest absolute Gasteiger partial charge is 0.140 e. The molecule has 19 heavy (non-hydrogen) atoms. The quantitative estimate of drug-likeness (QED) is 0.843. The van der Waals surface area contributed by atoms with Gasteiger partial charge in [0.1, 0.15) is 17.3 Å². The fourth-order valence-electron chi connectivity index (χ4n) is 1.87. The van der Waals surface area contributed by atoms with Crippen molar-refractivity contribution in [1.29, 1.82) is 0 Å². The summed E-state index contributed by atoms with van der Waals surface area (Å²) in [5, 5.41) is 0. The van der Waals surface area contributed by atoms with Gasteiger partial charge in [0.05, 0.1) is 0 Å².